The van der Waals surface area contributed by atoms with E-state index in [1.807, 2.05) is 48.5 Å². The molecule has 0 bridgehead atoms. The first-order chi connectivity index (χ1) is 14.2. The van der Waals surface area contributed by atoms with Gasteiger partial charge in [0.2, 0.25) is 0 Å². The lowest BCUT2D eigenvalue weighted by molar-refractivity contribution is 0.112. The van der Waals surface area contributed by atoms with E-state index in [0.717, 1.165) is 29.2 Å². The molecule has 0 heterocycles. The van der Waals surface area contributed by atoms with Crippen LogP contribution in [0.2, 0.25) is 0 Å². The number of rotatable bonds is 5. The first-order valence-electron chi connectivity index (χ1n) is 9.59. The predicted molar refractivity (Wildman–Crippen MR) is 124 cm³/mol. The van der Waals surface area contributed by atoms with Crippen LogP contribution in [-0.4, -0.2) is 6.29 Å². The molecule has 0 radical (unpaired) electrons. The summed E-state index contributed by atoms with van der Waals surface area (Å²) in [6, 6.07) is 36.9. The first-order valence-corrected chi connectivity index (χ1v) is 10.4. The molecule has 0 atom stereocenters. The molecule has 1 nitrogen and oxygen atoms in total. The van der Waals surface area contributed by atoms with E-state index >= 15 is 0 Å². The summed E-state index contributed by atoms with van der Waals surface area (Å²) in [5, 5.41) is 0. The van der Waals surface area contributed by atoms with Crippen LogP contribution in [0.15, 0.2) is 114 Å². The van der Waals surface area contributed by atoms with Crippen molar-refractivity contribution in [2.45, 2.75) is 12.8 Å². The zero-order chi connectivity index (χ0) is 20.3. The smallest absolute Gasteiger partial charge is 0.150 e. The number of hydrogen-bond donors (Lipinski definition) is 0. The SMILES string of the molecule is Brc1ccc(Cc2ccccc2)cc1.O=Cc1cccc(Cc2ccccc2)c1. The van der Waals surface area contributed by atoms with E-state index in [1.165, 1.54) is 22.3 Å². The lowest BCUT2D eigenvalue weighted by Crippen LogP contribution is -1.89. The molecule has 0 aromatic heterocycles. The van der Waals surface area contributed by atoms with Gasteiger partial charge in [-0.15, -0.1) is 0 Å². The monoisotopic (exact) mass is 442 g/mol. The van der Waals surface area contributed by atoms with Crippen LogP contribution in [0.3, 0.4) is 0 Å². The summed E-state index contributed by atoms with van der Waals surface area (Å²) >= 11 is 3.43. The Morgan fingerprint density at radius 2 is 1.03 bits per heavy atom. The molecule has 4 aromatic rings. The molecule has 0 aliphatic carbocycles. The standard InChI is InChI=1S/C14H12O.C13H11Br/c15-11-14-8-4-7-13(10-14)9-12-5-2-1-3-6-12;14-13-8-6-12(7-9-13)10-11-4-2-1-3-5-11/h1-8,10-11H,9H2;1-9H,10H2. The molecule has 0 spiro atoms. The summed E-state index contributed by atoms with van der Waals surface area (Å²) in [5.74, 6) is 0. The largest absolute Gasteiger partial charge is 0.298 e. The second kappa shape index (κ2) is 11.1. The molecule has 0 N–H and O–H groups in total. The zero-order valence-electron chi connectivity index (χ0n) is 16.2. The van der Waals surface area contributed by atoms with E-state index in [9.17, 15) is 4.79 Å². The fourth-order valence-corrected chi connectivity index (χ4v) is 3.31. The Hall–Kier alpha value is -2.97. The van der Waals surface area contributed by atoms with Gasteiger partial charge in [-0.3, -0.25) is 4.79 Å². The Labute approximate surface area is 181 Å². The summed E-state index contributed by atoms with van der Waals surface area (Å²) in [5.41, 5.74) is 5.88. The number of halogens is 1. The van der Waals surface area contributed by atoms with Crippen molar-refractivity contribution in [3.8, 4) is 0 Å². The van der Waals surface area contributed by atoms with Gasteiger partial charge in [-0.25, -0.2) is 0 Å². The molecule has 0 saturated heterocycles. The van der Waals surface area contributed by atoms with E-state index in [2.05, 4.69) is 76.6 Å². The van der Waals surface area contributed by atoms with Gasteiger partial charge in [0.15, 0.2) is 0 Å². The number of hydrogen-bond acceptors (Lipinski definition) is 1. The lowest BCUT2D eigenvalue weighted by atomic mass is 10.0. The highest BCUT2D eigenvalue weighted by atomic mass is 79.9. The Morgan fingerprint density at radius 3 is 1.59 bits per heavy atom. The average Bonchev–Trinajstić information content (AvgIpc) is 2.77. The third-order valence-corrected chi connectivity index (χ3v) is 5.03. The quantitative estimate of drug-likeness (QED) is 0.300. The Morgan fingerprint density at radius 1 is 0.552 bits per heavy atom. The van der Waals surface area contributed by atoms with Gasteiger partial charge in [-0.05, 0) is 53.3 Å². The highest BCUT2D eigenvalue weighted by molar-refractivity contribution is 9.10. The topological polar surface area (TPSA) is 17.1 Å². The van der Waals surface area contributed by atoms with Crippen LogP contribution in [-0.2, 0) is 12.8 Å². The van der Waals surface area contributed by atoms with Crippen molar-refractivity contribution in [2.75, 3.05) is 0 Å². The molecule has 4 aromatic carbocycles. The van der Waals surface area contributed by atoms with Crippen molar-refractivity contribution in [1.82, 2.24) is 0 Å². The maximum Gasteiger partial charge on any atom is 0.150 e. The van der Waals surface area contributed by atoms with Crippen LogP contribution in [0.25, 0.3) is 0 Å². The van der Waals surface area contributed by atoms with Crippen molar-refractivity contribution >= 4 is 22.2 Å². The molecule has 0 unspecified atom stereocenters. The van der Waals surface area contributed by atoms with E-state index in [4.69, 9.17) is 0 Å². The molecule has 0 saturated carbocycles. The molecule has 29 heavy (non-hydrogen) atoms. The van der Waals surface area contributed by atoms with Crippen LogP contribution in [0.1, 0.15) is 32.6 Å². The molecular formula is C27H23BrO. The van der Waals surface area contributed by atoms with Crippen LogP contribution < -0.4 is 0 Å². The van der Waals surface area contributed by atoms with E-state index in [0.29, 0.717) is 0 Å². The Kier molecular flexibility index (Phi) is 7.97. The summed E-state index contributed by atoms with van der Waals surface area (Å²) < 4.78 is 1.13. The summed E-state index contributed by atoms with van der Waals surface area (Å²) in [4.78, 5) is 10.6. The molecular weight excluding hydrogens is 420 g/mol. The molecule has 0 fully saturated rings. The third-order valence-electron chi connectivity index (χ3n) is 4.50. The van der Waals surface area contributed by atoms with Gasteiger partial charge < -0.3 is 0 Å². The fraction of sp³-hybridized carbons (Fsp3) is 0.0741. The second-order valence-corrected chi connectivity index (χ2v) is 7.73. The van der Waals surface area contributed by atoms with Crippen molar-refractivity contribution in [3.05, 3.63) is 141 Å². The average molecular weight is 443 g/mol. The van der Waals surface area contributed by atoms with Crippen LogP contribution in [0.4, 0.5) is 0 Å². The number of carbonyl (C=O) groups excluding carboxylic acids is 1. The molecule has 4 rings (SSSR count). The van der Waals surface area contributed by atoms with Gasteiger partial charge >= 0.3 is 0 Å². The van der Waals surface area contributed by atoms with Gasteiger partial charge in [-0.1, -0.05) is 107 Å². The minimum absolute atomic E-state index is 0.739. The van der Waals surface area contributed by atoms with Crippen LogP contribution in [0, 0.1) is 0 Å². The number of aldehydes is 1. The first kappa shape index (κ1) is 20.8. The van der Waals surface area contributed by atoms with E-state index in [1.54, 1.807) is 0 Å². The van der Waals surface area contributed by atoms with E-state index < -0.39 is 0 Å². The number of benzene rings is 4. The highest BCUT2D eigenvalue weighted by Gasteiger charge is 1.97. The van der Waals surface area contributed by atoms with Crippen molar-refractivity contribution < 1.29 is 4.79 Å². The van der Waals surface area contributed by atoms with Crippen LogP contribution >= 0.6 is 15.9 Å². The Balaban J connectivity index is 0.000000166. The minimum Gasteiger partial charge on any atom is -0.298 e. The minimum atomic E-state index is 0.739. The van der Waals surface area contributed by atoms with Gasteiger partial charge in [0.05, 0.1) is 0 Å². The van der Waals surface area contributed by atoms with Crippen molar-refractivity contribution in [3.63, 3.8) is 0 Å². The number of carbonyl (C=O) groups is 1. The van der Waals surface area contributed by atoms with Crippen LogP contribution in [0.5, 0.6) is 0 Å². The van der Waals surface area contributed by atoms with Gasteiger partial charge in [0.1, 0.15) is 6.29 Å². The second-order valence-electron chi connectivity index (χ2n) is 6.81. The summed E-state index contributed by atoms with van der Waals surface area (Å²) in [7, 11) is 0. The maximum absolute atomic E-state index is 10.6. The summed E-state index contributed by atoms with van der Waals surface area (Å²) in [6.07, 6.45) is 2.77. The fourth-order valence-electron chi connectivity index (χ4n) is 3.04. The molecule has 144 valence electrons. The van der Waals surface area contributed by atoms with E-state index in [-0.39, 0.29) is 0 Å². The zero-order valence-corrected chi connectivity index (χ0v) is 17.8. The van der Waals surface area contributed by atoms with Crippen molar-refractivity contribution in [1.29, 1.82) is 0 Å². The van der Waals surface area contributed by atoms with Gasteiger partial charge in [0, 0.05) is 10.0 Å². The molecule has 0 aliphatic rings. The normalized spacial score (nSPS) is 9.97. The van der Waals surface area contributed by atoms with Gasteiger partial charge in [0.25, 0.3) is 0 Å². The molecule has 0 aliphatic heterocycles. The maximum atomic E-state index is 10.6. The summed E-state index contributed by atoms with van der Waals surface area (Å²) in [6.45, 7) is 0. The predicted octanol–water partition coefficient (Wildman–Crippen LogP) is 7.13. The highest BCUT2D eigenvalue weighted by Crippen LogP contribution is 2.14. The van der Waals surface area contributed by atoms with Gasteiger partial charge in [-0.2, -0.15) is 0 Å². The lowest BCUT2D eigenvalue weighted by Gasteiger charge is -2.01. The molecule has 0 amide bonds. The third kappa shape index (κ3) is 7.17. The molecule has 2 heteroatoms. The Bertz CT molecular complexity index is 1010. The van der Waals surface area contributed by atoms with Crippen molar-refractivity contribution in [2.24, 2.45) is 0 Å².